The van der Waals surface area contributed by atoms with E-state index in [1.54, 1.807) is 23.6 Å². The Kier molecular flexibility index (Phi) is 3.71. The monoisotopic (exact) mass is 339 g/mol. The molecule has 1 aromatic carbocycles. The predicted molar refractivity (Wildman–Crippen MR) is 87.4 cm³/mol. The van der Waals surface area contributed by atoms with Gasteiger partial charge in [-0.1, -0.05) is 22.9 Å². The third kappa shape index (κ3) is 2.80. The SMILES string of the molecule is Nc1c(C(=O)NCc2csc(=O)[nH]2)sc2cc(Cl)ccc12. The first-order chi connectivity index (χ1) is 10.0. The summed E-state index contributed by atoms with van der Waals surface area (Å²) in [6.45, 7) is 0.256. The van der Waals surface area contributed by atoms with Gasteiger partial charge in [0.1, 0.15) is 4.88 Å². The van der Waals surface area contributed by atoms with Crippen LogP contribution >= 0.6 is 34.3 Å². The molecule has 0 saturated heterocycles. The van der Waals surface area contributed by atoms with E-state index in [1.807, 2.05) is 0 Å². The van der Waals surface area contributed by atoms with Crippen LogP contribution in [0.25, 0.3) is 10.1 Å². The summed E-state index contributed by atoms with van der Waals surface area (Å²) in [4.78, 5) is 26.2. The molecule has 0 aliphatic carbocycles. The van der Waals surface area contributed by atoms with Crippen LogP contribution in [0.5, 0.6) is 0 Å². The smallest absolute Gasteiger partial charge is 0.304 e. The molecule has 3 rings (SSSR count). The van der Waals surface area contributed by atoms with Crippen LogP contribution < -0.4 is 15.9 Å². The molecule has 1 amide bonds. The van der Waals surface area contributed by atoms with Gasteiger partial charge in [0.2, 0.25) is 0 Å². The Labute approximate surface area is 132 Å². The Morgan fingerprint density at radius 1 is 1.43 bits per heavy atom. The minimum Gasteiger partial charge on any atom is -0.397 e. The maximum atomic E-state index is 12.2. The van der Waals surface area contributed by atoms with Crippen molar-refractivity contribution in [2.45, 2.75) is 6.54 Å². The third-order valence-corrected chi connectivity index (χ3v) is 5.03. The molecule has 0 aliphatic rings. The Balaban J connectivity index is 1.84. The molecule has 8 heteroatoms. The Bertz CT molecular complexity index is 881. The molecule has 0 spiro atoms. The summed E-state index contributed by atoms with van der Waals surface area (Å²) in [5.41, 5.74) is 7.13. The van der Waals surface area contributed by atoms with Crippen LogP contribution in [0.3, 0.4) is 0 Å². The van der Waals surface area contributed by atoms with Gasteiger partial charge >= 0.3 is 4.87 Å². The van der Waals surface area contributed by atoms with E-state index in [4.69, 9.17) is 17.3 Å². The van der Waals surface area contributed by atoms with E-state index >= 15 is 0 Å². The summed E-state index contributed by atoms with van der Waals surface area (Å²) in [6, 6.07) is 5.33. The molecule has 0 unspecified atom stereocenters. The van der Waals surface area contributed by atoms with Crippen LogP contribution in [0.2, 0.25) is 5.02 Å². The van der Waals surface area contributed by atoms with E-state index in [9.17, 15) is 9.59 Å². The first-order valence-corrected chi connectivity index (χ1v) is 8.04. The van der Waals surface area contributed by atoms with Crippen LogP contribution in [0.15, 0.2) is 28.4 Å². The molecule has 0 fully saturated rings. The Morgan fingerprint density at radius 3 is 2.95 bits per heavy atom. The Morgan fingerprint density at radius 2 is 2.24 bits per heavy atom. The number of thiazole rings is 1. The molecule has 21 heavy (non-hydrogen) atoms. The highest BCUT2D eigenvalue weighted by Crippen LogP contribution is 2.35. The summed E-state index contributed by atoms with van der Waals surface area (Å²) in [6.07, 6.45) is 0. The second-order valence-corrected chi connectivity index (χ2v) is 6.67. The van der Waals surface area contributed by atoms with E-state index in [0.29, 0.717) is 21.3 Å². The molecule has 4 N–H and O–H groups in total. The Hall–Kier alpha value is -1.83. The zero-order valence-electron chi connectivity index (χ0n) is 10.6. The number of H-pyrrole nitrogens is 1. The first kappa shape index (κ1) is 14.1. The van der Waals surface area contributed by atoms with E-state index in [0.717, 1.165) is 21.4 Å². The van der Waals surface area contributed by atoms with Crippen LogP contribution in [0.1, 0.15) is 15.4 Å². The van der Waals surface area contributed by atoms with E-state index in [2.05, 4.69) is 10.3 Å². The van der Waals surface area contributed by atoms with Crippen LogP contribution in [0, 0.1) is 0 Å². The lowest BCUT2D eigenvalue weighted by molar-refractivity contribution is 0.0955. The number of benzene rings is 1. The molecule has 3 aromatic rings. The number of anilines is 1. The molecule has 0 bridgehead atoms. The predicted octanol–water partition coefficient (Wildman–Crippen LogP) is 2.82. The van der Waals surface area contributed by atoms with Crippen molar-refractivity contribution in [3.63, 3.8) is 0 Å². The fourth-order valence-electron chi connectivity index (χ4n) is 1.92. The highest BCUT2D eigenvalue weighted by atomic mass is 35.5. The van der Waals surface area contributed by atoms with E-state index < -0.39 is 0 Å². The molecule has 0 saturated carbocycles. The van der Waals surface area contributed by atoms with Crippen molar-refractivity contribution >= 4 is 56.0 Å². The molecule has 2 heterocycles. The molecule has 0 atom stereocenters. The second kappa shape index (κ2) is 5.51. The molecule has 0 aliphatic heterocycles. The first-order valence-electron chi connectivity index (χ1n) is 5.97. The van der Waals surface area contributed by atoms with Gasteiger partial charge in [0.25, 0.3) is 5.91 Å². The number of nitrogens with two attached hydrogens (primary N) is 1. The van der Waals surface area contributed by atoms with Crippen molar-refractivity contribution < 1.29 is 4.79 Å². The number of amides is 1. The zero-order chi connectivity index (χ0) is 15.0. The largest absolute Gasteiger partial charge is 0.397 e. The van der Waals surface area contributed by atoms with Gasteiger partial charge in [0.05, 0.1) is 12.2 Å². The van der Waals surface area contributed by atoms with Gasteiger partial charge in [-0.25, -0.2) is 0 Å². The summed E-state index contributed by atoms with van der Waals surface area (Å²) in [5, 5.41) is 5.84. The van der Waals surface area contributed by atoms with Gasteiger partial charge in [-0.2, -0.15) is 0 Å². The normalized spacial score (nSPS) is 10.9. The summed E-state index contributed by atoms with van der Waals surface area (Å²) in [7, 11) is 0. The number of thiophene rings is 1. The lowest BCUT2D eigenvalue weighted by Crippen LogP contribution is -2.23. The number of rotatable bonds is 3. The van der Waals surface area contributed by atoms with Crippen molar-refractivity contribution in [1.29, 1.82) is 0 Å². The number of nitrogen functional groups attached to an aromatic ring is 1. The average molecular weight is 340 g/mol. The van der Waals surface area contributed by atoms with Gasteiger partial charge in [-0.15, -0.1) is 11.3 Å². The zero-order valence-corrected chi connectivity index (χ0v) is 13.0. The van der Waals surface area contributed by atoms with E-state index in [1.165, 1.54) is 11.3 Å². The van der Waals surface area contributed by atoms with Gasteiger partial charge in [0.15, 0.2) is 0 Å². The fourth-order valence-corrected chi connectivity index (χ4v) is 3.81. The van der Waals surface area contributed by atoms with Gasteiger partial charge in [-0.3, -0.25) is 9.59 Å². The number of halogens is 1. The molecular formula is C13H10ClN3O2S2. The van der Waals surface area contributed by atoms with Gasteiger partial charge < -0.3 is 16.0 Å². The van der Waals surface area contributed by atoms with E-state index in [-0.39, 0.29) is 17.3 Å². The summed E-state index contributed by atoms with van der Waals surface area (Å²) in [5.74, 6) is -0.267. The molecule has 108 valence electrons. The van der Waals surface area contributed by atoms with Crippen molar-refractivity contribution in [3.05, 3.63) is 48.8 Å². The standard InChI is InChI=1S/C13H10ClN3O2S2/c14-6-1-2-8-9(3-6)21-11(10(8)15)12(18)16-4-7-5-20-13(19)17-7/h1-3,5H,4,15H2,(H,16,18)(H,17,19). The second-order valence-electron chi connectivity index (χ2n) is 4.34. The number of carbonyl (C=O) groups is 1. The van der Waals surface area contributed by atoms with Gasteiger partial charge in [0, 0.05) is 26.2 Å². The van der Waals surface area contributed by atoms with Crippen LogP contribution in [-0.4, -0.2) is 10.9 Å². The highest BCUT2D eigenvalue weighted by Gasteiger charge is 2.16. The van der Waals surface area contributed by atoms with Crippen LogP contribution in [-0.2, 0) is 6.54 Å². The minimum absolute atomic E-state index is 0.143. The van der Waals surface area contributed by atoms with Crippen molar-refractivity contribution in [2.75, 3.05) is 5.73 Å². The lowest BCUT2D eigenvalue weighted by Gasteiger charge is -2.02. The summed E-state index contributed by atoms with van der Waals surface area (Å²) < 4.78 is 0.870. The maximum absolute atomic E-state index is 12.2. The number of hydrogen-bond donors (Lipinski definition) is 3. The fraction of sp³-hybridized carbons (Fsp3) is 0.0769. The lowest BCUT2D eigenvalue weighted by atomic mass is 10.2. The summed E-state index contributed by atoms with van der Waals surface area (Å²) >= 11 is 8.29. The minimum atomic E-state index is -0.267. The average Bonchev–Trinajstić information content (AvgIpc) is 3.00. The van der Waals surface area contributed by atoms with Crippen molar-refractivity contribution in [1.82, 2.24) is 10.3 Å². The molecule has 0 radical (unpaired) electrons. The highest BCUT2D eigenvalue weighted by molar-refractivity contribution is 7.21. The number of aromatic amines is 1. The number of carbonyl (C=O) groups excluding carboxylic acids is 1. The van der Waals surface area contributed by atoms with Crippen molar-refractivity contribution in [2.24, 2.45) is 0 Å². The molecule has 2 aromatic heterocycles. The topological polar surface area (TPSA) is 88.0 Å². The number of nitrogens with one attached hydrogen (secondary N) is 2. The number of fused-ring (bicyclic) bond motifs is 1. The van der Waals surface area contributed by atoms with Crippen molar-refractivity contribution in [3.8, 4) is 0 Å². The molecular weight excluding hydrogens is 330 g/mol. The number of hydrogen-bond acceptors (Lipinski definition) is 5. The van der Waals surface area contributed by atoms with Gasteiger partial charge in [-0.05, 0) is 18.2 Å². The third-order valence-electron chi connectivity index (χ3n) is 2.91. The number of aromatic nitrogens is 1. The molecule has 5 nitrogen and oxygen atoms in total. The maximum Gasteiger partial charge on any atom is 0.304 e. The quantitative estimate of drug-likeness (QED) is 0.685. The van der Waals surface area contributed by atoms with Crippen LogP contribution in [0.4, 0.5) is 5.69 Å².